The molecule has 1 saturated carbocycles. The second-order valence-electron chi connectivity index (χ2n) is 11.0. The number of rotatable bonds is 5. The van der Waals surface area contributed by atoms with Crippen LogP contribution in [0.15, 0.2) is 29.3 Å². The van der Waals surface area contributed by atoms with Crippen LogP contribution in [0.4, 0.5) is 13.2 Å². The number of aromatic nitrogens is 2. The molecule has 9 heteroatoms. The number of hydrogen-bond donors (Lipinski definition) is 0. The third kappa shape index (κ3) is 5.66. The van der Waals surface area contributed by atoms with Crippen molar-refractivity contribution < 1.29 is 22.7 Å². The van der Waals surface area contributed by atoms with E-state index < -0.39 is 17.6 Å². The number of likely N-dealkylation sites (tertiary alicyclic amines) is 1. The van der Waals surface area contributed by atoms with Crippen molar-refractivity contribution in [3.8, 4) is 5.75 Å². The van der Waals surface area contributed by atoms with Gasteiger partial charge in [-0.25, -0.2) is 0 Å². The monoisotopic (exact) mass is 492 g/mol. The van der Waals surface area contributed by atoms with Crippen LogP contribution in [0.3, 0.4) is 0 Å². The molecule has 0 N–H and O–H groups in total. The Morgan fingerprint density at radius 1 is 1.11 bits per heavy atom. The summed E-state index contributed by atoms with van der Waals surface area (Å²) in [7, 11) is 3.90. The second kappa shape index (κ2) is 9.48. The Balaban J connectivity index is 1.76. The molecule has 6 nitrogen and oxygen atoms in total. The summed E-state index contributed by atoms with van der Waals surface area (Å²) in [6.45, 7) is 8.45. The van der Waals surface area contributed by atoms with E-state index in [1.54, 1.807) is 0 Å². The molecule has 0 radical (unpaired) electrons. The average molecular weight is 493 g/mol. The molecule has 0 unspecified atom stereocenters. The maximum Gasteiger partial charge on any atom is 0.416 e. The van der Waals surface area contributed by atoms with Crippen LogP contribution in [0.2, 0.25) is 0 Å². The highest BCUT2D eigenvalue weighted by Crippen LogP contribution is 2.34. The van der Waals surface area contributed by atoms with Gasteiger partial charge >= 0.3 is 6.18 Å². The zero-order valence-corrected chi connectivity index (χ0v) is 21.2. The van der Waals surface area contributed by atoms with Gasteiger partial charge in [-0.15, -0.1) is 0 Å². The Morgan fingerprint density at radius 3 is 2.37 bits per heavy atom. The first-order chi connectivity index (χ1) is 16.3. The summed E-state index contributed by atoms with van der Waals surface area (Å²) >= 11 is 0. The van der Waals surface area contributed by atoms with Crippen molar-refractivity contribution in [2.45, 2.75) is 70.7 Å². The lowest BCUT2D eigenvalue weighted by Gasteiger charge is -2.27. The molecule has 2 fully saturated rings. The van der Waals surface area contributed by atoms with E-state index in [4.69, 9.17) is 4.74 Å². The van der Waals surface area contributed by atoms with Gasteiger partial charge in [-0.2, -0.15) is 18.2 Å². The van der Waals surface area contributed by atoms with Gasteiger partial charge in [0.05, 0.1) is 11.1 Å². The fraction of sp³-hybridized carbons (Fsp3) is 0.615. The van der Waals surface area contributed by atoms with Gasteiger partial charge in [0.15, 0.2) is 5.49 Å². The zero-order valence-electron chi connectivity index (χ0n) is 21.2. The van der Waals surface area contributed by atoms with Crippen molar-refractivity contribution in [1.29, 1.82) is 0 Å². The summed E-state index contributed by atoms with van der Waals surface area (Å²) in [5.74, 6) is -0.0762. The number of alkyl halides is 3. The molecule has 35 heavy (non-hydrogen) atoms. The summed E-state index contributed by atoms with van der Waals surface area (Å²) in [5, 5.41) is 0. The van der Waals surface area contributed by atoms with E-state index in [0.29, 0.717) is 18.0 Å². The minimum absolute atomic E-state index is 0.143. The molecule has 1 saturated heterocycles. The van der Waals surface area contributed by atoms with Crippen molar-refractivity contribution in [3.05, 3.63) is 46.6 Å². The zero-order chi connectivity index (χ0) is 25.5. The van der Waals surface area contributed by atoms with E-state index in [1.165, 1.54) is 12.5 Å². The predicted octanol–water partition coefficient (Wildman–Crippen LogP) is 4.77. The normalized spacial score (nSPS) is 20.3. The Hall–Kier alpha value is -2.55. The minimum atomic E-state index is -4.57. The topological polar surface area (TPSA) is 51.8 Å². The van der Waals surface area contributed by atoms with Gasteiger partial charge in [0, 0.05) is 43.9 Å². The molecule has 1 atom stereocenters. The third-order valence-electron chi connectivity index (χ3n) is 7.06. The van der Waals surface area contributed by atoms with Gasteiger partial charge in [0.2, 0.25) is 0 Å². The Bertz CT molecular complexity index is 1150. The summed E-state index contributed by atoms with van der Waals surface area (Å²) in [6.07, 6.45) is -0.574. The van der Waals surface area contributed by atoms with Crippen molar-refractivity contribution >= 4 is 5.91 Å². The first-order valence-electron chi connectivity index (χ1n) is 12.3. The molecule has 1 aromatic carbocycles. The molecule has 2 heterocycles. The van der Waals surface area contributed by atoms with Crippen molar-refractivity contribution in [2.75, 3.05) is 20.1 Å². The van der Waals surface area contributed by atoms with Crippen molar-refractivity contribution in [2.24, 2.45) is 18.0 Å². The smallest absolute Gasteiger partial charge is 0.416 e. The van der Waals surface area contributed by atoms with Crippen LogP contribution < -0.4 is 10.2 Å². The second-order valence-corrected chi connectivity index (χ2v) is 11.0. The van der Waals surface area contributed by atoms with Gasteiger partial charge in [0.1, 0.15) is 11.9 Å². The van der Waals surface area contributed by atoms with E-state index in [1.807, 2.05) is 29.5 Å². The average Bonchev–Trinajstić information content (AvgIpc) is 3.26. The van der Waals surface area contributed by atoms with Crippen LogP contribution in [-0.2, 0) is 25.2 Å². The third-order valence-corrected chi connectivity index (χ3v) is 7.06. The number of halogens is 3. The SMILES string of the molecule is CN1CC[C@H](Oc2ccc(C(F)(F)F)cc2C(=O)/N=c2\cc(C(C)(C)C)n(C)n2CC2CCC2)C1. The molecule has 1 amide bonds. The van der Waals surface area contributed by atoms with Gasteiger partial charge in [-0.3, -0.25) is 14.2 Å². The molecule has 2 aromatic rings. The first-order valence-corrected chi connectivity index (χ1v) is 12.3. The van der Waals surface area contributed by atoms with Crippen LogP contribution in [0.25, 0.3) is 0 Å². The van der Waals surface area contributed by atoms with Crippen LogP contribution in [0, 0.1) is 5.92 Å². The quantitative estimate of drug-likeness (QED) is 0.605. The molecule has 192 valence electrons. The standard InChI is InChI=1S/C26H35F3N4O2/c1-25(2,3)22-14-23(33(32(22)5)15-17-7-6-8-17)30-24(34)20-13-18(26(27,28)29)9-10-21(20)35-19-11-12-31(4)16-19/h9-10,13-14,17,19H,6-8,11-12,15-16H2,1-5H3/b30-23+/t19-/m0/s1. The number of nitrogens with zero attached hydrogens (tertiary/aromatic N) is 4. The molecule has 0 bridgehead atoms. The molecule has 1 aliphatic carbocycles. The maximum atomic E-state index is 13.5. The number of carbonyl (C=O) groups is 1. The Labute approximate surface area is 204 Å². The lowest BCUT2D eigenvalue weighted by Crippen LogP contribution is -2.30. The highest BCUT2D eigenvalue weighted by atomic mass is 19.4. The largest absolute Gasteiger partial charge is 0.488 e. The van der Waals surface area contributed by atoms with E-state index in [0.717, 1.165) is 50.2 Å². The van der Waals surface area contributed by atoms with Gasteiger partial charge in [0.25, 0.3) is 5.91 Å². The molecule has 1 aliphatic heterocycles. The Morgan fingerprint density at radius 2 is 1.83 bits per heavy atom. The number of benzene rings is 1. The summed E-state index contributed by atoms with van der Waals surface area (Å²) in [6, 6.07) is 4.94. The van der Waals surface area contributed by atoms with E-state index in [9.17, 15) is 18.0 Å². The van der Waals surface area contributed by atoms with Gasteiger partial charge in [-0.1, -0.05) is 27.2 Å². The molecule has 2 aliphatic rings. The van der Waals surface area contributed by atoms with Crippen molar-refractivity contribution in [3.63, 3.8) is 0 Å². The highest BCUT2D eigenvalue weighted by molar-refractivity contribution is 5.97. The Kier molecular flexibility index (Phi) is 6.92. The molecule has 1 aromatic heterocycles. The summed E-state index contributed by atoms with van der Waals surface area (Å²) in [5.41, 5.74) is 0.214. The van der Waals surface area contributed by atoms with Gasteiger partial charge in [-0.05, 0) is 50.4 Å². The van der Waals surface area contributed by atoms with Crippen LogP contribution in [0.5, 0.6) is 5.75 Å². The molecular formula is C26H35F3N4O2. The van der Waals surface area contributed by atoms with Crippen LogP contribution in [0.1, 0.15) is 68.1 Å². The van der Waals surface area contributed by atoms with Crippen LogP contribution >= 0.6 is 0 Å². The van der Waals surface area contributed by atoms with Crippen LogP contribution in [-0.4, -0.2) is 46.4 Å². The van der Waals surface area contributed by atoms with E-state index in [2.05, 4.69) is 30.7 Å². The number of carbonyl (C=O) groups excluding carboxylic acids is 1. The highest BCUT2D eigenvalue weighted by Gasteiger charge is 2.33. The van der Waals surface area contributed by atoms with Crippen molar-refractivity contribution in [1.82, 2.24) is 14.3 Å². The summed E-state index contributed by atoms with van der Waals surface area (Å²) < 4.78 is 50.5. The number of ether oxygens (including phenoxy) is 1. The van der Waals surface area contributed by atoms with E-state index >= 15 is 0 Å². The number of likely N-dealkylation sites (N-methyl/N-ethyl adjacent to an activating group) is 1. The number of hydrogen-bond acceptors (Lipinski definition) is 3. The maximum absolute atomic E-state index is 13.5. The predicted molar refractivity (Wildman–Crippen MR) is 127 cm³/mol. The van der Waals surface area contributed by atoms with Gasteiger partial charge < -0.3 is 9.64 Å². The first kappa shape index (κ1) is 25.5. The fourth-order valence-corrected chi connectivity index (χ4v) is 4.81. The number of amides is 1. The fourth-order valence-electron chi connectivity index (χ4n) is 4.81. The molecular weight excluding hydrogens is 457 g/mol. The molecule has 4 rings (SSSR count). The minimum Gasteiger partial charge on any atom is -0.488 e. The lowest BCUT2D eigenvalue weighted by molar-refractivity contribution is -0.137. The summed E-state index contributed by atoms with van der Waals surface area (Å²) in [4.78, 5) is 19.8. The van der Waals surface area contributed by atoms with E-state index in [-0.39, 0.29) is 22.8 Å². The molecule has 0 spiro atoms. The lowest BCUT2D eigenvalue weighted by atomic mass is 9.85.